The third kappa shape index (κ3) is 6.48. The van der Waals surface area contributed by atoms with E-state index in [0.717, 1.165) is 30.8 Å². The monoisotopic (exact) mass is 396 g/mol. The van der Waals surface area contributed by atoms with Crippen molar-refractivity contribution >= 4 is 11.8 Å². The highest BCUT2D eigenvalue weighted by Gasteiger charge is 2.34. The predicted molar refractivity (Wildman–Crippen MR) is 113 cm³/mol. The van der Waals surface area contributed by atoms with Gasteiger partial charge in [0.05, 0.1) is 6.54 Å². The van der Waals surface area contributed by atoms with Crippen LogP contribution >= 0.6 is 0 Å². The summed E-state index contributed by atoms with van der Waals surface area (Å²) >= 11 is 0. The van der Waals surface area contributed by atoms with Gasteiger partial charge in [-0.25, -0.2) is 0 Å². The van der Waals surface area contributed by atoms with E-state index in [-0.39, 0.29) is 24.4 Å². The van der Waals surface area contributed by atoms with Crippen LogP contribution in [-0.2, 0) is 22.6 Å². The molecule has 0 unspecified atom stereocenters. The molecule has 1 fully saturated rings. The average molecular weight is 397 g/mol. The van der Waals surface area contributed by atoms with Crippen LogP contribution in [0.1, 0.15) is 50.2 Å². The van der Waals surface area contributed by atoms with Crippen LogP contribution < -0.4 is 0 Å². The summed E-state index contributed by atoms with van der Waals surface area (Å²) in [6.07, 6.45) is 3.26. The van der Waals surface area contributed by atoms with Crippen LogP contribution in [0.25, 0.3) is 0 Å². The van der Waals surface area contributed by atoms with E-state index < -0.39 is 0 Å². The summed E-state index contributed by atoms with van der Waals surface area (Å²) in [5.74, 6) is 1.98. The van der Waals surface area contributed by atoms with Gasteiger partial charge in [0.1, 0.15) is 18.1 Å². The Morgan fingerprint density at radius 2 is 1.79 bits per heavy atom. The van der Waals surface area contributed by atoms with Crippen molar-refractivity contribution in [2.45, 2.75) is 59.0 Å². The van der Waals surface area contributed by atoms with Gasteiger partial charge in [0.2, 0.25) is 11.8 Å². The van der Waals surface area contributed by atoms with Gasteiger partial charge in [0.15, 0.2) is 0 Å². The molecular weight excluding hydrogens is 364 g/mol. The molecule has 0 bridgehead atoms. The van der Waals surface area contributed by atoms with Crippen LogP contribution in [0.2, 0.25) is 0 Å². The first kappa shape index (κ1) is 21.2. The molecule has 2 aromatic rings. The molecule has 156 valence electrons. The van der Waals surface area contributed by atoms with Crippen LogP contribution in [0.3, 0.4) is 0 Å². The zero-order chi connectivity index (χ0) is 20.8. The first-order chi connectivity index (χ1) is 13.9. The summed E-state index contributed by atoms with van der Waals surface area (Å²) in [5.41, 5.74) is 1.19. The van der Waals surface area contributed by atoms with E-state index >= 15 is 0 Å². The Bertz CT molecular complexity index is 809. The van der Waals surface area contributed by atoms with Crippen molar-refractivity contribution in [1.29, 1.82) is 0 Å². The molecule has 5 nitrogen and oxygen atoms in total. The molecule has 2 amide bonds. The molecular formula is C24H32N2O3. The molecule has 1 heterocycles. The first-order valence-corrected chi connectivity index (χ1v) is 10.6. The second kappa shape index (κ2) is 9.77. The number of rotatable bonds is 10. The van der Waals surface area contributed by atoms with Gasteiger partial charge in [-0.15, -0.1) is 0 Å². The third-order valence-electron chi connectivity index (χ3n) is 5.21. The van der Waals surface area contributed by atoms with E-state index in [0.29, 0.717) is 25.4 Å². The number of carbonyl (C=O) groups excluding carboxylic acids is 2. The molecule has 0 N–H and O–H groups in total. The molecule has 0 aliphatic heterocycles. The van der Waals surface area contributed by atoms with Gasteiger partial charge < -0.3 is 14.2 Å². The Hall–Kier alpha value is -2.56. The van der Waals surface area contributed by atoms with E-state index in [1.807, 2.05) is 56.0 Å². The Labute approximate surface area is 173 Å². The normalized spacial score (nSPS) is 13.5. The van der Waals surface area contributed by atoms with Crippen LogP contribution in [0.15, 0.2) is 46.9 Å². The maximum Gasteiger partial charge on any atom is 0.242 e. The van der Waals surface area contributed by atoms with E-state index in [1.165, 1.54) is 5.56 Å². The van der Waals surface area contributed by atoms with Crippen LogP contribution in [0.4, 0.5) is 0 Å². The zero-order valence-electron chi connectivity index (χ0n) is 17.8. The molecule has 29 heavy (non-hydrogen) atoms. The number of hydrogen-bond acceptors (Lipinski definition) is 3. The third-order valence-corrected chi connectivity index (χ3v) is 5.21. The minimum absolute atomic E-state index is 0.0148. The van der Waals surface area contributed by atoms with Crippen molar-refractivity contribution in [2.75, 3.05) is 13.1 Å². The quantitative estimate of drug-likeness (QED) is 0.605. The molecule has 1 aliphatic rings. The van der Waals surface area contributed by atoms with Crippen LogP contribution in [0, 0.1) is 12.8 Å². The number of furan rings is 1. The number of nitrogens with zero attached hydrogens (tertiary/aromatic N) is 2. The second-order valence-corrected chi connectivity index (χ2v) is 8.41. The van der Waals surface area contributed by atoms with Gasteiger partial charge in [0, 0.05) is 19.0 Å². The van der Waals surface area contributed by atoms with Crippen molar-refractivity contribution in [2.24, 2.45) is 5.92 Å². The van der Waals surface area contributed by atoms with E-state index in [9.17, 15) is 9.59 Å². The SMILES string of the molecule is Cc1ccc(CN(CCc2ccccc2)C(=O)CN(C(=O)CC(C)C)C2CC2)o1. The number of hydrogen-bond donors (Lipinski definition) is 0. The zero-order valence-corrected chi connectivity index (χ0v) is 17.8. The summed E-state index contributed by atoms with van der Waals surface area (Å²) in [7, 11) is 0. The Morgan fingerprint density at radius 3 is 2.38 bits per heavy atom. The van der Waals surface area contributed by atoms with Gasteiger partial charge in [0.25, 0.3) is 0 Å². The second-order valence-electron chi connectivity index (χ2n) is 8.41. The fraction of sp³-hybridized carbons (Fsp3) is 0.500. The highest BCUT2D eigenvalue weighted by molar-refractivity contribution is 5.85. The maximum absolute atomic E-state index is 13.2. The van der Waals surface area contributed by atoms with Crippen molar-refractivity contribution < 1.29 is 14.0 Å². The number of carbonyl (C=O) groups is 2. The fourth-order valence-corrected chi connectivity index (χ4v) is 3.48. The van der Waals surface area contributed by atoms with Gasteiger partial charge in [-0.05, 0) is 49.8 Å². The van der Waals surface area contributed by atoms with Gasteiger partial charge in [-0.2, -0.15) is 0 Å². The van der Waals surface area contributed by atoms with Crippen molar-refractivity contribution in [3.05, 3.63) is 59.5 Å². The summed E-state index contributed by atoms with van der Waals surface area (Å²) in [5, 5.41) is 0. The summed E-state index contributed by atoms with van der Waals surface area (Å²) in [6, 6.07) is 14.2. The minimum Gasteiger partial charge on any atom is -0.464 e. The fourth-order valence-electron chi connectivity index (χ4n) is 3.48. The minimum atomic E-state index is -0.0148. The maximum atomic E-state index is 13.2. The van der Waals surface area contributed by atoms with Gasteiger partial charge in [-0.3, -0.25) is 9.59 Å². The van der Waals surface area contributed by atoms with Crippen molar-refractivity contribution in [3.8, 4) is 0 Å². The summed E-state index contributed by atoms with van der Waals surface area (Å²) in [6.45, 7) is 7.16. The molecule has 5 heteroatoms. The number of benzene rings is 1. The summed E-state index contributed by atoms with van der Waals surface area (Å²) in [4.78, 5) is 29.5. The average Bonchev–Trinajstić information content (AvgIpc) is 3.44. The van der Waals surface area contributed by atoms with E-state index in [2.05, 4.69) is 12.1 Å². The molecule has 0 spiro atoms. The predicted octanol–water partition coefficient (Wildman–Crippen LogP) is 4.20. The molecule has 3 rings (SSSR count). The van der Waals surface area contributed by atoms with Crippen LogP contribution in [-0.4, -0.2) is 40.7 Å². The molecule has 1 aliphatic carbocycles. The lowest BCUT2D eigenvalue weighted by Crippen LogP contribution is -2.44. The van der Waals surface area contributed by atoms with Gasteiger partial charge >= 0.3 is 0 Å². The molecule has 1 saturated carbocycles. The standard InChI is InChI=1S/C24H32N2O3/c1-18(2)15-23(27)26(21-10-11-21)17-24(28)25(16-22-12-9-19(3)29-22)14-13-20-7-5-4-6-8-20/h4-9,12,18,21H,10-11,13-17H2,1-3H3. The van der Waals surface area contributed by atoms with Gasteiger partial charge in [-0.1, -0.05) is 44.2 Å². The Kier molecular flexibility index (Phi) is 7.13. The van der Waals surface area contributed by atoms with Crippen molar-refractivity contribution in [1.82, 2.24) is 9.80 Å². The first-order valence-electron chi connectivity index (χ1n) is 10.6. The van der Waals surface area contributed by atoms with Crippen LogP contribution in [0.5, 0.6) is 0 Å². The smallest absolute Gasteiger partial charge is 0.242 e. The Balaban J connectivity index is 1.68. The molecule has 0 radical (unpaired) electrons. The lowest BCUT2D eigenvalue weighted by molar-refractivity contribution is -0.142. The Morgan fingerprint density at radius 1 is 1.07 bits per heavy atom. The molecule has 1 aromatic heterocycles. The number of aryl methyl sites for hydroxylation is 1. The largest absolute Gasteiger partial charge is 0.464 e. The molecule has 0 saturated heterocycles. The lowest BCUT2D eigenvalue weighted by Gasteiger charge is -2.28. The summed E-state index contributed by atoms with van der Waals surface area (Å²) < 4.78 is 5.71. The highest BCUT2D eigenvalue weighted by Crippen LogP contribution is 2.28. The van der Waals surface area contributed by atoms with E-state index in [1.54, 1.807) is 4.90 Å². The van der Waals surface area contributed by atoms with E-state index in [4.69, 9.17) is 4.42 Å². The lowest BCUT2D eigenvalue weighted by atomic mass is 10.1. The highest BCUT2D eigenvalue weighted by atomic mass is 16.3. The molecule has 0 atom stereocenters. The number of amides is 2. The topological polar surface area (TPSA) is 53.8 Å². The van der Waals surface area contributed by atoms with Crippen molar-refractivity contribution in [3.63, 3.8) is 0 Å². The molecule has 1 aromatic carbocycles.